The van der Waals surface area contributed by atoms with E-state index in [1.165, 1.54) is 24.3 Å². The molecule has 1 aromatic carbocycles. The molecular formula is C18H16N2O4. The van der Waals surface area contributed by atoms with Gasteiger partial charge in [-0.2, -0.15) is 0 Å². The first-order chi connectivity index (χ1) is 11.6. The Morgan fingerprint density at radius 2 is 0.917 bits per heavy atom. The summed E-state index contributed by atoms with van der Waals surface area (Å²) >= 11 is 0. The second-order valence-corrected chi connectivity index (χ2v) is 4.21. The van der Waals surface area contributed by atoms with Crippen LogP contribution >= 0.6 is 0 Å². The van der Waals surface area contributed by atoms with Crippen LogP contribution in [-0.2, 0) is 0 Å². The van der Waals surface area contributed by atoms with Crippen LogP contribution in [0.4, 0.5) is 0 Å². The molecule has 0 spiro atoms. The minimum atomic E-state index is -1.23. The molecule has 2 N–H and O–H groups in total. The van der Waals surface area contributed by atoms with Gasteiger partial charge in [-0.15, -0.1) is 0 Å². The summed E-state index contributed by atoms with van der Waals surface area (Å²) in [5.41, 5.74) is -0.380. The van der Waals surface area contributed by atoms with E-state index in [1.807, 2.05) is 36.4 Å². The highest BCUT2D eigenvalue weighted by Gasteiger charge is 2.13. The van der Waals surface area contributed by atoms with E-state index in [9.17, 15) is 9.59 Å². The average Bonchev–Trinajstić information content (AvgIpc) is 2.65. The van der Waals surface area contributed by atoms with Crippen LogP contribution in [0.25, 0.3) is 0 Å². The molecule has 6 nitrogen and oxygen atoms in total. The lowest BCUT2D eigenvalue weighted by Crippen LogP contribution is -2.06. The number of hydrogen-bond acceptors (Lipinski definition) is 4. The lowest BCUT2D eigenvalue weighted by Gasteiger charge is -1.98. The highest BCUT2D eigenvalue weighted by molar-refractivity contribution is 6.01. The number of benzene rings is 1. The number of aromatic carboxylic acids is 2. The van der Waals surface area contributed by atoms with Crippen LogP contribution in [-0.4, -0.2) is 32.1 Å². The third-order valence-corrected chi connectivity index (χ3v) is 2.52. The fourth-order valence-electron chi connectivity index (χ4n) is 1.48. The van der Waals surface area contributed by atoms with Crippen molar-refractivity contribution in [1.82, 2.24) is 9.97 Å². The van der Waals surface area contributed by atoms with Gasteiger partial charge in [-0.25, -0.2) is 9.59 Å². The molecule has 0 amide bonds. The smallest absolute Gasteiger partial charge is 0.336 e. The quantitative estimate of drug-likeness (QED) is 0.750. The maximum absolute atomic E-state index is 10.5. The van der Waals surface area contributed by atoms with Crippen molar-refractivity contribution in [1.29, 1.82) is 0 Å². The fourth-order valence-corrected chi connectivity index (χ4v) is 1.48. The Morgan fingerprint density at radius 3 is 1.08 bits per heavy atom. The molecule has 0 atom stereocenters. The van der Waals surface area contributed by atoms with Crippen molar-refractivity contribution >= 4 is 11.9 Å². The number of aromatic nitrogens is 2. The van der Waals surface area contributed by atoms with Crippen LogP contribution < -0.4 is 0 Å². The Balaban J connectivity index is 0.000000200. The van der Waals surface area contributed by atoms with Crippen molar-refractivity contribution < 1.29 is 19.8 Å². The normalized spacial score (nSPS) is 8.67. The predicted molar refractivity (Wildman–Crippen MR) is 88.8 cm³/mol. The Labute approximate surface area is 139 Å². The SMILES string of the molecule is O=C(O)c1ccccc1C(=O)O.c1ccncc1.c1ccncc1. The molecule has 0 saturated heterocycles. The lowest BCUT2D eigenvalue weighted by atomic mass is 10.1. The molecule has 122 valence electrons. The average molecular weight is 324 g/mol. The minimum Gasteiger partial charge on any atom is -0.478 e. The van der Waals surface area contributed by atoms with E-state index in [0.717, 1.165) is 0 Å². The maximum atomic E-state index is 10.5. The molecule has 24 heavy (non-hydrogen) atoms. The van der Waals surface area contributed by atoms with E-state index in [1.54, 1.807) is 24.8 Å². The van der Waals surface area contributed by atoms with Gasteiger partial charge in [0.25, 0.3) is 0 Å². The lowest BCUT2D eigenvalue weighted by molar-refractivity contribution is 0.0651. The van der Waals surface area contributed by atoms with Crippen molar-refractivity contribution in [3.05, 3.63) is 96.6 Å². The first-order valence-corrected chi connectivity index (χ1v) is 6.88. The third kappa shape index (κ3) is 7.46. The molecule has 0 aliphatic rings. The molecule has 0 aliphatic heterocycles. The van der Waals surface area contributed by atoms with Gasteiger partial charge in [-0.3, -0.25) is 9.97 Å². The number of carboxylic acid groups (broad SMARTS) is 2. The first kappa shape index (κ1) is 18.5. The molecule has 3 aromatic rings. The Hall–Kier alpha value is -3.54. The van der Waals surface area contributed by atoms with Crippen LogP contribution in [0.3, 0.4) is 0 Å². The standard InChI is InChI=1S/C8H6O4.2C5H5N/c9-7(10)5-3-1-2-4-6(5)8(11)12;2*1-2-4-6-5-3-1/h1-4H,(H,9,10)(H,11,12);2*1-5H. The Morgan fingerprint density at radius 1 is 0.583 bits per heavy atom. The van der Waals surface area contributed by atoms with Crippen molar-refractivity contribution in [2.45, 2.75) is 0 Å². The summed E-state index contributed by atoms with van der Waals surface area (Å²) in [4.78, 5) is 28.5. The summed E-state index contributed by atoms with van der Waals surface area (Å²) in [5.74, 6) is -2.46. The van der Waals surface area contributed by atoms with Crippen LogP contribution in [0.2, 0.25) is 0 Å². The molecule has 3 rings (SSSR count). The summed E-state index contributed by atoms with van der Waals surface area (Å²) < 4.78 is 0. The molecule has 0 fully saturated rings. The molecule has 2 heterocycles. The molecule has 0 bridgehead atoms. The number of hydrogen-bond donors (Lipinski definition) is 2. The Kier molecular flexibility index (Phi) is 8.55. The van der Waals surface area contributed by atoms with Gasteiger partial charge < -0.3 is 10.2 Å². The second-order valence-electron chi connectivity index (χ2n) is 4.21. The zero-order valence-electron chi connectivity index (χ0n) is 12.7. The zero-order valence-corrected chi connectivity index (χ0v) is 12.7. The Bertz CT molecular complexity index is 616. The van der Waals surface area contributed by atoms with Crippen LogP contribution in [0.15, 0.2) is 85.5 Å². The zero-order chi connectivity index (χ0) is 17.6. The largest absolute Gasteiger partial charge is 0.478 e. The number of rotatable bonds is 2. The van der Waals surface area contributed by atoms with E-state index in [-0.39, 0.29) is 11.1 Å². The molecule has 0 saturated carbocycles. The molecule has 6 heteroatoms. The van der Waals surface area contributed by atoms with Crippen LogP contribution in [0.5, 0.6) is 0 Å². The van der Waals surface area contributed by atoms with Gasteiger partial charge in [0.1, 0.15) is 0 Å². The fraction of sp³-hybridized carbons (Fsp3) is 0. The van der Waals surface area contributed by atoms with Gasteiger partial charge in [0.05, 0.1) is 11.1 Å². The summed E-state index contributed by atoms with van der Waals surface area (Å²) in [7, 11) is 0. The van der Waals surface area contributed by atoms with E-state index in [2.05, 4.69) is 9.97 Å². The van der Waals surface area contributed by atoms with Crippen molar-refractivity contribution in [3.63, 3.8) is 0 Å². The van der Waals surface area contributed by atoms with E-state index in [4.69, 9.17) is 10.2 Å². The summed E-state index contributed by atoms with van der Waals surface area (Å²) in [6.45, 7) is 0. The number of nitrogens with zero attached hydrogens (tertiary/aromatic N) is 2. The number of carbonyl (C=O) groups is 2. The van der Waals surface area contributed by atoms with Gasteiger partial charge in [0.2, 0.25) is 0 Å². The van der Waals surface area contributed by atoms with Gasteiger partial charge in [-0.1, -0.05) is 24.3 Å². The van der Waals surface area contributed by atoms with Gasteiger partial charge >= 0.3 is 11.9 Å². The highest BCUT2D eigenvalue weighted by Crippen LogP contribution is 2.07. The number of pyridine rings is 2. The van der Waals surface area contributed by atoms with E-state index in [0.29, 0.717) is 0 Å². The first-order valence-electron chi connectivity index (χ1n) is 6.88. The van der Waals surface area contributed by atoms with Crippen LogP contribution in [0.1, 0.15) is 20.7 Å². The van der Waals surface area contributed by atoms with Gasteiger partial charge in [-0.05, 0) is 36.4 Å². The molecule has 0 radical (unpaired) electrons. The second kappa shape index (κ2) is 11.1. The molecular weight excluding hydrogens is 308 g/mol. The molecule has 2 aromatic heterocycles. The topological polar surface area (TPSA) is 100 Å². The van der Waals surface area contributed by atoms with Gasteiger partial charge in [0.15, 0.2) is 0 Å². The van der Waals surface area contributed by atoms with Crippen LogP contribution in [0, 0.1) is 0 Å². The van der Waals surface area contributed by atoms with Crippen molar-refractivity contribution in [2.75, 3.05) is 0 Å². The number of carboxylic acids is 2. The van der Waals surface area contributed by atoms with E-state index < -0.39 is 11.9 Å². The van der Waals surface area contributed by atoms with Crippen molar-refractivity contribution in [2.24, 2.45) is 0 Å². The van der Waals surface area contributed by atoms with E-state index >= 15 is 0 Å². The monoisotopic (exact) mass is 324 g/mol. The minimum absolute atomic E-state index is 0.190. The maximum Gasteiger partial charge on any atom is 0.336 e. The summed E-state index contributed by atoms with van der Waals surface area (Å²) in [6, 6.07) is 16.9. The van der Waals surface area contributed by atoms with Crippen molar-refractivity contribution in [3.8, 4) is 0 Å². The molecule has 0 aliphatic carbocycles. The third-order valence-electron chi connectivity index (χ3n) is 2.52. The predicted octanol–water partition coefficient (Wildman–Crippen LogP) is 3.25. The molecule has 0 unspecified atom stereocenters. The summed E-state index contributed by atoms with van der Waals surface area (Å²) in [5, 5.41) is 17.1. The van der Waals surface area contributed by atoms with Gasteiger partial charge in [0, 0.05) is 24.8 Å². The highest BCUT2D eigenvalue weighted by atomic mass is 16.4. The summed E-state index contributed by atoms with van der Waals surface area (Å²) in [6.07, 6.45) is 7.00.